The molecule has 0 saturated carbocycles. The summed E-state index contributed by atoms with van der Waals surface area (Å²) in [4.78, 5) is 26.8. The lowest BCUT2D eigenvalue weighted by Gasteiger charge is -2.38. The molecule has 0 spiro atoms. The van der Waals surface area contributed by atoms with Gasteiger partial charge in [-0.3, -0.25) is 9.59 Å². The van der Waals surface area contributed by atoms with Crippen LogP contribution in [0.5, 0.6) is 0 Å². The Labute approximate surface area is 125 Å². The van der Waals surface area contributed by atoms with Crippen molar-refractivity contribution < 1.29 is 14.7 Å². The van der Waals surface area contributed by atoms with Crippen molar-refractivity contribution in [3.05, 3.63) is 29.8 Å². The molecular weight excluding hydrogens is 268 g/mol. The lowest BCUT2D eigenvalue weighted by atomic mass is 9.95. The topological polar surface area (TPSA) is 60.9 Å². The van der Waals surface area contributed by atoms with Gasteiger partial charge in [0.25, 0.3) is 5.91 Å². The maximum absolute atomic E-state index is 12.2. The summed E-state index contributed by atoms with van der Waals surface area (Å²) < 4.78 is 0. The first-order chi connectivity index (χ1) is 10.0. The molecule has 0 radical (unpaired) electrons. The van der Waals surface area contributed by atoms with E-state index in [2.05, 4.69) is 18.7 Å². The van der Waals surface area contributed by atoms with Crippen molar-refractivity contribution in [1.82, 2.24) is 4.90 Å². The predicted octanol–water partition coefficient (Wildman–Crippen LogP) is 2.08. The number of carboxylic acid groups (broad SMARTS) is 1. The Bertz CT molecular complexity index is 503. The second-order valence-electron chi connectivity index (χ2n) is 5.39. The molecule has 21 heavy (non-hydrogen) atoms. The summed E-state index contributed by atoms with van der Waals surface area (Å²) in [5, 5.41) is 8.71. The van der Waals surface area contributed by atoms with Crippen molar-refractivity contribution in [2.24, 2.45) is 5.92 Å². The number of carboxylic acids is 1. The molecule has 5 nitrogen and oxygen atoms in total. The van der Waals surface area contributed by atoms with Crippen molar-refractivity contribution in [3.63, 3.8) is 0 Å². The number of carbonyl (C=O) groups is 2. The Balaban J connectivity index is 1.94. The highest BCUT2D eigenvalue weighted by atomic mass is 16.4. The molecule has 0 unspecified atom stereocenters. The van der Waals surface area contributed by atoms with E-state index in [9.17, 15) is 9.59 Å². The number of rotatable bonds is 6. The number of anilines is 1. The van der Waals surface area contributed by atoms with Gasteiger partial charge in [0, 0.05) is 43.3 Å². The van der Waals surface area contributed by atoms with Crippen LogP contribution in [0.1, 0.15) is 30.6 Å². The van der Waals surface area contributed by atoms with Crippen LogP contribution in [-0.4, -0.2) is 48.1 Å². The summed E-state index contributed by atoms with van der Waals surface area (Å²) in [7, 11) is 0. The van der Waals surface area contributed by atoms with Crippen molar-refractivity contribution >= 4 is 17.6 Å². The van der Waals surface area contributed by atoms with Crippen LogP contribution < -0.4 is 4.90 Å². The molecule has 114 valence electrons. The zero-order valence-electron chi connectivity index (χ0n) is 12.6. The van der Waals surface area contributed by atoms with Crippen LogP contribution in [0.2, 0.25) is 0 Å². The summed E-state index contributed by atoms with van der Waals surface area (Å²) in [5.41, 5.74) is 1.78. The van der Waals surface area contributed by atoms with Crippen molar-refractivity contribution in [3.8, 4) is 0 Å². The number of hydrogen-bond acceptors (Lipinski definition) is 3. The zero-order chi connectivity index (χ0) is 15.4. The molecule has 1 aromatic rings. The predicted molar refractivity (Wildman–Crippen MR) is 81.6 cm³/mol. The first-order valence-corrected chi connectivity index (χ1v) is 7.41. The van der Waals surface area contributed by atoms with Crippen molar-refractivity contribution in [1.29, 1.82) is 0 Å². The fourth-order valence-corrected chi connectivity index (χ4v) is 2.70. The molecule has 0 atom stereocenters. The minimum atomic E-state index is -0.796. The highest BCUT2D eigenvalue weighted by Gasteiger charge is 2.32. The number of amides is 1. The van der Waals surface area contributed by atoms with Crippen LogP contribution in [-0.2, 0) is 4.79 Å². The molecule has 1 amide bonds. The zero-order valence-corrected chi connectivity index (χ0v) is 12.6. The van der Waals surface area contributed by atoms with E-state index >= 15 is 0 Å². The molecule has 1 aromatic carbocycles. The van der Waals surface area contributed by atoms with Gasteiger partial charge in [-0.05, 0) is 38.1 Å². The quantitative estimate of drug-likeness (QED) is 0.871. The van der Waals surface area contributed by atoms with Gasteiger partial charge in [0.1, 0.15) is 0 Å². The van der Waals surface area contributed by atoms with Gasteiger partial charge in [-0.15, -0.1) is 0 Å². The average molecular weight is 290 g/mol. The molecule has 2 rings (SSSR count). The molecule has 1 saturated heterocycles. The van der Waals surface area contributed by atoms with Gasteiger partial charge in [-0.2, -0.15) is 0 Å². The van der Waals surface area contributed by atoms with E-state index in [1.807, 2.05) is 24.3 Å². The smallest absolute Gasteiger partial charge is 0.303 e. The molecule has 1 N–H and O–H groups in total. The lowest BCUT2D eigenvalue weighted by molar-refractivity contribution is -0.139. The van der Waals surface area contributed by atoms with Gasteiger partial charge in [-0.1, -0.05) is 0 Å². The minimum Gasteiger partial charge on any atom is -0.481 e. The number of aliphatic carboxylic acids is 1. The summed E-state index contributed by atoms with van der Waals surface area (Å²) in [6.07, 6.45) is 0.144. The second kappa shape index (κ2) is 6.61. The van der Waals surface area contributed by atoms with E-state index in [4.69, 9.17) is 5.11 Å². The maximum atomic E-state index is 12.2. The fourth-order valence-electron chi connectivity index (χ4n) is 2.70. The molecule has 1 heterocycles. The van der Waals surface area contributed by atoms with Crippen LogP contribution in [0.15, 0.2) is 24.3 Å². The third-order valence-electron chi connectivity index (χ3n) is 3.95. The van der Waals surface area contributed by atoms with Crippen LogP contribution >= 0.6 is 0 Å². The van der Waals surface area contributed by atoms with Crippen molar-refractivity contribution in [2.45, 2.75) is 20.3 Å². The summed E-state index contributed by atoms with van der Waals surface area (Å²) in [5.74, 6) is -0.709. The molecule has 1 aliphatic heterocycles. The average Bonchev–Trinajstić information content (AvgIpc) is 2.43. The Morgan fingerprint density at radius 3 is 2.24 bits per heavy atom. The Kier molecular flexibility index (Phi) is 4.83. The van der Waals surface area contributed by atoms with Gasteiger partial charge in [-0.25, -0.2) is 0 Å². The van der Waals surface area contributed by atoms with E-state index in [0.29, 0.717) is 18.7 Å². The highest BCUT2D eigenvalue weighted by molar-refractivity contribution is 5.95. The third kappa shape index (κ3) is 3.54. The largest absolute Gasteiger partial charge is 0.481 e. The van der Waals surface area contributed by atoms with E-state index in [1.165, 1.54) is 0 Å². The SMILES string of the molecule is CCN(CC)c1ccc(C(=O)N2CC(CC(=O)O)C2)cc1. The van der Waals surface area contributed by atoms with Crippen molar-refractivity contribution in [2.75, 3.05) is 31.1 Å². The van der Waals surface area contributed by atoms with E-state index in [-0.39, 0.29) is 18.2 Å². The Hall–Kier alpha value is -2.04. The molecule has 0 aromatic heterocycles. The van der Waals surface area contributed by atoms with Gasteiger partial charge in [0.05, 0.1) is 6.42 Å². The molecule has 0 bridgehead atoms. The van der Waals surface area contributed by atoms with E-state index in [1.54, 1.807) is 4.90 Å². The minimum absolute atomic E-state index is 0.0114. The monoisotopic (exact) mass is 290 g/mol. The van der Waals surface area contributed by atoms with Gasteiger partial charge < -0.3 is 14.9 Å². The third-order valence-corrected chi connectivity index (χ3v) is 3.95. The molecule has 1 fully saturated rings. The number of nitrogens with zero attached hydrogens (tertiary/aromatic N) is 2. The number of benzene rings is 1. The highest BCUT2D eigenvalue weighted by Crippen LogP contribution is 2.22. The summed E-state index contributed by atoms with van der Waals surface area (Å²) in [6.45, 7) is 7.17. The molecule has 5 heteroatoms. The van der Waals surface area contributed by atoms with E-state index < -0.39 is 5.97 Å². The lowest BCUT2D eigenvalue weighted by Crippen LogP contribution is -2.50. The first-order valence-electron chi connectivity index (χ1n) is 7.41. The van der Waals surface area contributed by atoms with Crippen LogP contribution in [0.4, 0.5) is 5.69 Å². The second-order valence-corrected chi connectivity index (χ2v) is 5.39. The van der Waals surface area contributed by atoms with Crippen LogP contribution in [0.3, 0.4) is 0 Å². The maximum Gasteiger partial charge on any atom is 0.303 e. The number of hydrogen-bond donors (Lipinski definition) is 1. The van der Waals surface area contributed by atoms with Gasteiger partial charge in [0.2, 0.25) is 0 Å². The summed E-state index contributed by atoms with van der Waals surface area (Å²) >= 11 is 0. The molecular formula is C16H22N2O3. The van der Waals surface area contributed by atoms with Crippen LogP contribution in [0, 0.1) is 5.92 Å². The molecule has 0 aliphatic carbocycles. The fraction of sp³-hybridized carbons (Fsp3) is 0.500. The molecule has 1 aliphatic rings. The van der Waals surface area contributed by atoms with E-state index in [0.717, 1.165) is 18.8 Å². The first kappa shape index (κ1) is 15.4. The standard InChI is InChI=1S/C16H22N2O3/c1-3-17(4-2)14-7-5-13(6-8-14)16(21)18-10-12(11-18)9-15(19)20/h5-8,12H,3-4,9-11H2,1-2H3,(H,19,20). The van der Waals surface area contributed by atoms with Crippen LogP contribution in [0.25, 0.3) is 0 Å². The summed E-state index contributed by atoms with van der Waals surface area (Å²) in [6, 6.07) is 7.63. The Morgan fingerprint density at radius 1 is 1.19 bits per heavy atom. The number of likely N-dealkylation sites (tertiary alicyclic amines) is 1. The normalized spacial score (nSPS) is 14.7. The number of carbonyl (C=O) groups excluding carboxylic acids is 1. The van der Waals surface area contributed by atoms with Gasteiger partial charge in [0.15, 0.2) is 0 Å². The van der Waals surface area contributed by atoms with Gasteiger partial charge >= 0.3 is 5.97 Å². The Morgan fingerprint density at radius 2 is 1.76 bits per heavy atom.